The largest absolute Gasteiger partial charge is 0.316 e. The van der Waals surface area contributed by atoms with Gasteiger partial charge >= 0.3 is 0 Å². The number of halogens is 1. The van der Waals surface area contributed by atoms with Gasteiger partial charge in [-0.25, -0.2) is 0 Å². The van der Waals surface area contributed by atoms with Crippen molar-refractivity contribution in [3.05, 3.63) is 34.3 Å². The molecule has 18 heavy (non-hydrogen) atoms. The van der Waals surface area contributed by atoms with Gasteiger partial charge in [0, 0.05) is 16.4 Å². The second-order valence-electron chi connectivity index (χ2n) is 5.52. The fourth-order valence-corrected chi connectivity index (χ4v) is 2.83. The topological polar surface area (TPSA) is 12.0 Å². The van der Waals surface area contributed by atoms with Crippen LogP contribution in [-0.2, 0) is 5.41 Å². The maximum atomic E-state index is 3.63. The van der Waals surface area contributed by atoms with Gasteiger partial charge in [-0.1, -0.05) is 55.8 Å². The predicted octanol–water partition coefficient (Wildman–Crippen LogP) is 4.75. The first kappa shape index (κ1) is 15.7. The Balaban J connectivity index is 2.85. The number of hydrogen-bond donors (Lipinski definition) is 1. The van der Waals surface area contributed by atoms with E-state index in [0.29, 0.717) is 5.92 Å². The monoisotopic (exact) mass is 311 g/mol. The highest BCUT2D eigenvalue weighted by molar-refractivity contribution is 9.10. The van der Waals surface area contributed by atoms with Gasteiger partial charge in [-0.2, -0.15) is 0 Å². The van der Waals surface area contributed by atoms with Crippen molar-refractivity contribution in [2.24, 2.45) is 5.92 Å². The summed E-state index contributed by atoms with van der Waals surface area (Å²) in [7, 11) is 0. The molecule has 0 bridgehead atoms. The number of rotatable bonds is 7. The molecule has 0 aliphatic rings. The zero-order valence-electron chi connectivity index (χ0n) is 12.1. The van der Waals surface area contributed by atoms with Crippen molar-refractivity contribution < 1.29 is 0 Å². The second-order valence-corrected chi connectivity index (χ2v) is 6.44. The fourth-order valence-electron chi connectivity index (χ4n) is 2.43. The van der Waals surface area contributed by atoms with Gasteiger partial charge in [-0.15, -0.1) is 0 Å². The van der Waals surface area contributed by atoms with E-state index in [2.05, 4.69) is 73.2 Å². The first-order valence-electron chi connectivity index (χ1n) is 7.01. The molecule has 1 aromatic rings. The Morgan fingerprint density at radius 2 is 1.89 bits per heavy atom. The van der Waals surface area contributed by atoms with E-state index in [1.165, 1.54) is 22.9 Å². The van der Waals surface area contributed by atoms with Gasteiger partial charge in [0.15, 0.2) is 0 Å². The van der Waals surface area contributed by atoms with Gasteiger partial charge in [0.1, 0.15) is 0 Å². The summed E-state index contributed by atoms with van der Waals surface area (Å²) < 4.78 is 1.18. The van der Waals surface area contributed by atoms with E-state index in [1.54, 1.807) is 0 Å². The molecular formula is C16H26BrN. The maximum absolute atomic E-state index is 3.63. The quantitative estimate of drug-likeness (QED) is 0.766. The van der Waals surface area contributed by atoms with Crippen LogP contribution < -0.4 is 5.32 Å². The van der Waals surface area contributed by atoms with Gasteiger partial charge in [0.25, 0.3) is 0 Å². The van der Waals surface area contributed by atoms with Crippen LogP contribution in [0.2, 0.25) is 0 Å². The Bertz CT molecular complexity index is 356. The van der Waals surface area contributed by atoms with Crippen LogP contribution in [0.3, 0.4) is 0 Å². The molecule has 102 valence electrons. The first-order valence-corrected chi connectivity index (χ1v) is 7.80. The van der Waals surface area contributed by atoms with Crippen molar-refractivity contribution >= 4 is 15.9 Å². The molecule has 0 heterocycles. The summed E-state index contributed by atoms with van der Waals surface area (Å²) in [6, 6.07) is 8.77. The molecule has 2 heteroatoms. The van der Waals surface area contributed by atoms with Crippen LogP contribution in [0.5, 0.6) is 0 Å². The minimum atomic E-state index is 0.263. The summed E-state index contributed by atoms with van der Waals surface area (Å²) in [5.41, 5.74) is 1.71. The zero-order chi connectivity index (χ0) is 13.6. The van der Waals surface area contributed by atoms with Crippen LogP contribution in [0.4, 0.5) is 0 Å². The average molecular weight is 312 g/mol. The lowest BCUT2D eigenvalue weighted by Crippen LogP contribution is -2.38. The van der Waals surface area contributed by atoms with Crippen molar-refractivity contribution in [1.29, 1.82) is 0 Å². The van der Waals surface area contributed by atoms with E-state index in [1.807, 2.05) is 0 Å². The van der Waals surface area contributed by atoms with E-state index < -0.39 is 0 Å². The molecule has 0 amide bonds. The van der Waals surface area contributed by atoms with E-state index in [0.717, 1.165) is 13.1 Å². The van der Waals surface area contributed by atoms with Crippen LogP contribution in [0.15, 0.2) is 28.7 Å². The van der Waals surface area contributed by atoms with E-state index in [4.69, 9.17) is 0 Å². The number of nitrogens with one attached hydrogen (secondary N) is 1. The van der Waals surface area contributed by atoms with Crippen molar-refractivity contribution in [3.63, 3.8) is 0 Å². The molecule has 0 fully saturated rings. The zero-order valence-corrected chi connectivity index (χ0v) is 13.7. The van der Waals surface area contributed by atoms with Gasteiger partial charge in [0.05, 0.1) is 0 Å². The Kier molecular flexibility index (Phi) is 6.37. The van der Waals surface area contributed by atoms with Crippen LogP contribution >= 0.6 is 15.9 Å². The molecule has 0 aliphatic carbocycles. The van der Waals surface area contributed by atoms with Crippen LogP contribution in [0, 0.1) is 5.92 Å². The Hall–Kier alpha value is -0.340. The lowest BCUT2D eigenvalue weighted by Gasteiger charge is -2.33. The van der Waals surface area contributed by atoms with Gasteiger partial charge in [-0.3, -0.25) is 0 Å². The molecule has 0 aromatic heterocycles. The van der Waals surface area contributed by atoms with E-state index in [9.17, 15) is 0 Å². The molecule has 0 saturated heterocycles. The highest BCUT2D eigenvalue weighted by atomic mass is 79.9. The van der Waals surface area contributed by atoms with E-state index >= 15 is 0 Å². The molecule has 0 aliphatic heterocycles. The average Bonchev–Trinajstić information content (AvgIpc) is 2.35. The molecule has 1 nitrogen and oxygen atoms in total. The molecule has 0 atom stereocenters. The van der Waals surface area contributed by atoms with E-state index in [-0.39, 0.29) is 5.41 Å². The lowest BCUT2D eigenvalue weighted by atomic mass is 9.76. The predicted molar refractivity (Wildman–Crippen MR) is 84.1 cm³/mol. The van der Waals surface area contributed by atoms with Gasteiger partial charge in [-0.05, 0) is 43.0 Å². The Morgan fingerprint density at radius 1 is 1.22 bits per heavy atom. The third-order valence-corrected chi connectivity index (χ3v) is 4.30. The SMILES string of the molecule is CCC(CC)(CNCC(C)C)c1cccc(Br)c1. The fraction of sp³-hybridized carbons (Fsp3) is 0.625. The third-order valence-electron chi connectivity index (χ3n) is 3.81. The smallest absolute Gasteiger partial charge is 0.0178 e. The summed E-state index contributed by atoms with van der Waals surface area (Å²) in [5, 5.41) is 3.63. The standard InChI is InChI=1S/C16H26BrN/c1-5-16(6-2,12-18-11-13(3)4)14-8-7-9-15(17)10-14/h7-10,13,18H,5-6,11-12H2,1-4H3. The molecule has 0 spiro atoms. The van der Waals surface area contributed by atoms with Crippen molar-refractivity contribution in [2.75, 3.05) is 13.1 Å². The Morgan fingerprint density at radius 3 is 2.39 bits per heavy atom. The van der Waals surface area contributed by atoms with Crippen LogP contribution in [0.1, 0.15) is 46.1 Å². The number of benzene rings is 1. The summed E-state index contributed by atoms with van der Waals surface area (Å²) in [6.07, 6.45) is 2.34. The first-order chi connectivity index (χ1) is 8.54. The third kappa shape index (κ3) is 4.10. The molecule has 0 radical (unpaired) electrons. The van der Waals surface area contributed by atoms with Crippen LogP contribution in [0.25, 0.3) is 0 Å². The molecule has 1 rings (SSSR count). The molecular weight excluding hydrogens is 286 g/mol. The molecule has 1 N–H and O–H groups in total. The highest BCUT2D eigenvalue weighted by Gasteiger charge is 2.28. The summed E-state index contributed by atoms with van der Waals surface area (Å²) >= 11 is 3.58. The molecule has 0 saturated carbocycles. The normalized spacial score (nSPS) is 12.1. The van der Waals surface area contributed by atoms with Gasteiger partial charge < -0.3 is 5.32 Å². The van der Waals surface area contributed by atoms with Crippen molar-refractivity contribution in [3.8, 4) is 0 Å². The summed E-state index contributed by atoms with van der Waals surface area (Å²) in [6.45, 7) is 11.3. The van der Waals surface area contributed by atoms with Crippen LogP contribution in [-0.4, -0.2) is 13.1 Å². The second kappa shape index (κ2) is 7.30. The van der Waals surface area contributed by atoms with Crippen molar-refractivity contribution in [2.45, 2.75) is 46.0 Å². The Labute approximate surface area is 120 Å². The minimum absolute atomic E-state index is 0.263. The summed E-state index contributed by atoms with van der Waals surface area (Å²) in [4.78, 5) is 0. The molecule has 1 aromatic carbocycles. The number of hydrogen-bond acceptors (Lipinski definition) is 1. The van der Waals surface area contributed by atoms with Gasteiger partial charge in [0.2, 0.25) is 0 Å². The minimum Gasteiger partial charge on any atom is -0.316 e. The van der Waals surface area contributed by atoms with Crippen molar-refractivity contribution in [1.82, 2.24) is 5.32 Å². The highest BCUT2D eigenvalue weighted by Crippen LogP contribution is 2.32. The summed E-state index contributed by atoms with van der Waals surface area (Å²) in [5.74, 6) is 0.707. The molecule has 0 unspecified atom stereocenters. The lowest BCUT2D eigenvalue weighted by molar-refractivity contribution is 0.358. The maximum Gasteiger partial charge on any atom is 0.0178 e.